The summed E-state index contributed by atoms with van der Waals surface area (Å²) in [4.78, 5) is 22.4. The Kier molecular flexibility index (Phi) is 4.21. The topological polar surface area (TPSA) is 92.3 Å². The quantitative estimate of drug-likeness (QED) is 0.805. The standard InChI is InChI=1S/C12H12F2N2O4S/c13-12(14)21(19,20)9-5-3-8(4-6-9)11(18)16-15-10(17)7-1-2-7/h3-7,12H,1-2H2,(H,15,17)(H,16,18). The van der Waals surface area contributed by atoms with E-state index >= 15 is 0 Å². The fraction of sp³-hybridized carbons (Fsp3) is 0.333. The van der Waals surface area contributed by atoms with Gasteiger partial charge in [0.1, 0.15) is 0 Å². The van der Waals surface area contributed by atoms with Crippen molar-refractivity contribution in [3.63, 3.8) is 0 Å². The van der Waals surface area contributed by atoms with Gasteiger partial charge >= 0.3 is 5.76 Å². The molecule has 6 nitrogen and oxygen atoms in total. The van der Waals surface area contributed by atoms with Gasteiger partial charge in [0.15, 0.2) is 0 Å². The smallest absolute Gasteiger partial charge is 0.273 e. The number of alkyl halides is 2. The molecule has 0 unspecified atom stereocenters. The van der Waals surface area contributed by atoms with Gasteiger partial charge in [-0.1, -0.05) is 0 Å². The minimum Gasteiger partial charge on any atom is -0.273 e. The monoisotopic (exact) mass is 318 g/mol. The van der Waals surface area contributed by atoms with E-state index in [9.17, 15) is 26.8 Å². The second-order valence-corrected chi connectivity index (χ2v) is 6.47. The fourth-order valence-corrected chi connectivity index (χ4v) is 2.26. The van der Waals surface area contributed by atoms with Crippen molar-refractivity contribution in [2.45, 2.75) is 23.5 Å². The van der Waals surface area contributed by atoms with Crippen LogP contribution in [0.25, 0.3) is 0 Å². The Labute approximate surface area is 119 Å². The highest BCUT2D eigenvalue weighted by atomic mass is 32.2. The molecule has 0 atom stereocenters. The number of carbonyl (C=O) groups is 2. The molecular formula is C12H12F2N2O4S. The number of hydrogen-bond donors (Lipinski definition) is 2. The maximum Gasteiger partial charge on any atom is 0.341 e. The molecule has 9 heteroatoms. The van der Waals surface area contributed by atoms with E-state index < -0.39 is 26.4 Å². The van der Waals surface area contributed by atoms with Crippen LogP contribution in [0, 0.1) is 5.92 Å². The van der Waals surface area contributed by atoms with Crippen LogP contribution in [0.1, 0.15) is 23.2 Å². The molecule has 0 radical (unpaired) electrons. The van der Waals surface area contributed by atoms with E-state index in [0.29, 0.717) is 0 Å². The lowest BCUT2D eigenvalue weighted by atomic mass is 10.2. The Morgan fingerprint density at radius 3 is 2.14 bits per heavy atom. The van der Waals surface area contributed by atoms with Crippen LogP contribution in [0.4, 0.5) is 8.78 Å². The van der Waals surface area contributed by atoms with Crippen molar-refractivity contribution >= 4 is 21.7 Å². The molecule has 0 aromatic heterocycles. The van der Waals surface area contributed by atoms with Gasteiger partial charge in [-0.05, 0) is 37.1 Å². The molecule has 21 heavy (non-hydrogen) atoms. The SMILES string of the molecule is O=C(NNC(=O)C1CC1)c1ccc(S(=O)(=O)C(F)F)cc1. The Bertz CT molecular complexity index is 654. The molecule has 1 aromatic carbocycles. The molecule has 114 valence electrons. The summed E-state index contributed by atoms with van der Waals surface area (Å²) in [5, 5.41) is 0. The maximum atomic E-state index is 12.3. The highest BCUT2D eigenvalue weighted by molar-refractivity contribution is 7.91. The van der Waals surface area contributed by atoms with Gasteiger partial charge in [0, 0.05) is 11.5 Å². The third kappa shape index (κ3) is 3.54. The highest BCUT2D eigenvalue weighted by Gasteiger charge is 2.30. The third-order valence-corrected chi connectivity index (χ3v) is 4.33. The molecule has 0 aliphatic heterocycles. The summed E-state index contributed by atoms with van der Waals surface area (Å²) in [7, 11) is -4.68. The van der Waals surface area contributed by atoms with E-state index in [1.165, 1.54) is 0 Å². The van der Waals surface area contributed by atoms with Crippen LogP contribution in [0.3, 0.4) is 0 Å². The number of benzene rings is 1. The molecule has 1 aliphatic carbocycles. The van der Waals surface area contributed by atoms with Crippen molar-refractivity contribution in [2.24, 2.45) is 5.92 Å². The molecule has 2 amide bonds. The van der Waals surface area contributed by atoms with Gasteiger partial charge in [0.05, 0.1) is 4.90 Å². The lowest BCUT2D eigenvalue weighted by Crippen LogP contribution is -2.42. The fourth-order valence-electron chi connectivity index (χ4n) is 1.54. The summed E-state index contributed by atoms with van der Waals surface area (Å²) in [5.74, 6) is -4.55. The zero-order chi connectivity index (χ0) is 15.6. The predicted octanol–water partition coefficient (Wildman–Crippen LogP) is 0.854. The van der Waals surface area contributed by atoms with Crippen molar-refractivity contribution in [2.75, 3.05) is 0 Å². The lowest BCUT2D eigenvalue weighted by molar-refractivity contribution is -0.123. The molecule has 1 aromatic rings. The summed E-state index contributed by atoms with van der Waals surface area (Å²) < 4.78 is 47.1. The maximum absolute atomic E-state index is 12.3. The molecule has 1 saturated carbocycles. The zero-order valence-corrected chi connectivity index (χ0v) is 11.5. The predicted molar refractivity (Wildman–Crippen MR) is 68.0 cm³/mol. The largest absolute Gasteiger partial charge is 0.341 e. The first-order chi connectivity index (χ1) is 9.82. The number of rotatable bonds is 4. The van der Waals surface area contributed by atoms with Gasteiger partial charge in [0.2, 0.25) is 15.7 Å². The van der Waals surface area contributed by atoms with Crippen LogP contribution in [0.5, 0.6) is 0 Å². The molecule has 0 bridgehead atoms. The first-order valence-electron chi connectivity index (χ1n) is 6.04. The van der Waals surface area contributed by atoms with Crippen molar-refractivity contribution in [3.8, 4) is 0 Å². The molecule has 1 fully saturated rings. The van der Waals surface area contributed by atoms with Gasteiger partial charge in [-0.3, -0.25) is 20.4 Å². The van der Waals surface area contributed by atoms with Crippen LogP contribution >= 0.6 is 0 Å². The van der Waals surface area contributed by atoms with Crippen molar-refractivity contribution in [1.29, 1.82) is 0 Å². The molecular weight excluding hydrogens is 306 g/mol. The second-order valence-electron chi connectivity index (χ2n) is 4.55. The van der Waals surface area contributed by atoms with Crippen LogP contribution in [0.2, 0.25) is 0 Å². The summed E-state index contributed by atoms with van der Waals surface area (Å²) >= 11 is 0. The highest BCUT2D eigenvalue weighted by Crippen LogP contribution is 2.28. The van der Waals surface area contributed by atoms with E-state index in [-0.39, 0.29) is 17.4 Å². The van der Waals surface area contributed by atoms with Crippen LogP contribution in [0.15, 0.2) is 29.2 Å². The Morgan fingerprint density at radius 2 is 1.67 bits per heavy atom. The van der Waals surface area contributed by atoms with E-state index in [2.05, 4.69) is 10.9 Å². The number of carbonyl (C=O) groups excluding carboxylic acids is 2. The molecule has 2 N–H and O–H groups in total. The first kappa shape index (κ1) is 15.4. The average Bonchev–Trinajstić information content (AvgIpc) is 3.29. The minimum absolute atomic E-state index is 0.0410. The van der Waals surface area contributed by atoms with Crippen molar-refractivity contribution in [3.05, 3.63) is 29.8 Å². The van der Waals surface area contributed by atoms with Crippen molar-refractivity contribution < 1.29 is 26.8 Å². The molecule has 1 aliphatic rings. The average molecular weight is 318 g/mol. The van der Waals surface area contributed by atoms with E-state index in [4.69, 9.17) is 0 Å². The minimum atomic E-state index is -4.68. The molecule has 0 heterocycles. The van der Waals surface area contributed by atoms with Gasteiger partial charge in [-0.25, -0.2) is 8.42 Å². The van der Waals surface area contributed by atoms with Crippen LogP contribution in [-0.2, 0) is 14.6 Å². The summed E-state index contributed by atoms with van der Waals surface area (Å²) in [6.45, 7) is 0. The lowest BCUT2D eigenvalue weighted by Gasteiger charge is -2.07. The molecule has 2 rings (SSSR count). The van der Waals surface area contributed by atoms with E-state index in [0.717, 1.165) is 37.1 Å². The number of sulfone groups is 1. The van der Waals surface area contributed by atoms with Gasteiger partial charge in [-0.15, -0.1) is 0 Å². The summed E-state index contributed by atoms with van der Waals surface area (Å²) in [6.07, 6.45) is 1.56. The molecule has 0 saturated heterocycles. The number of hydrogen-bond acceptors (Lipinski definition) is 4. The number of halogens is 2. The third-order valence-electron chi connectivity index (χ3n) is 2.93. The Morgan fingerprint density at radius 1 is 1.10 bits per heavy atom. The van der Waals surface area contributed by atoms with Gasteiger partial charge < -0.3 is 0 Å². The number of amides is 2. The van der Waals surface area contributed by atoms with Crippen LogP contribution in [-0.4, -0.2) is 26.0 Å². The van der Waals surface area contributed by atoms with Gasteiger partial charge in [0.25, 0.3) is 5.91 Å². The van der Waals surface area contributed by atoms with E-state index in [1.54, 1.807) is 0 Å². The van der Waals surface area contributed by atoms with Crippen LogP contribution < -0.4 is 10.9 Å². The number of nitrogens with one attached hydrogen (secondary N) is 2. The summed E-state index contributed by atoms with van der Waals surface area (Å²) in [5.41, 5.74) is 4.44. The second kappa shape index (κ2) is 5.76. The zero-order valence-electron chi connectivity index (χ0n) is 10.7. The summed E-state index contributed by atoms with van der Waals surface area (Å²) in [6, 6.07) is 4.01. The van der Waals surface area contributed by atoms with E-state index in [1.807, 2.05) is 0 Å². The van der Waals surface area contributed by atoms with Crippen molar-refractivity contribution in [1.82, 2.24) is 10.9 Å². The molecule has 0 spiro atoms. The Balaban J connectivity index is 2.01. The number of hydrazine groups is 1. The Hall–Kier alpha value is -2.03. The first-order valence-corrected chi connectivity index (χ1v) is 7.59. The van der Waals surface area contributed by atoms with Gasteiger partial charge in [-0.2, -0.15) is 8.78 Å². The normalized spacial score (nSPS) is 14.8.